The summed E-state index contributed by atoms with van der Waals surface area (Å²) in [4.78, 5) is 37.2. The third kappa shape index (κ3) is 5.00. The fourth-order valence-electron chi connectivity index (χ4n) is 2.83. The van der Waals surface area contributed by atoms with E-state index in [2.05, 4.69) is 21.2 Å². The molecule has 1 fully saturated rings. The Labute approximate surface area is 176 Å². The minimum atomic E-state index is -1.20. The minimum Gasteiger partial charge on any atom is -0.477 e. The van der Waals surface area contributed by atoms with Crippen molar-refractivity contribution in [1.29, 1.82) is 0 Å². The minimum absolute atomic E-state index is 0.114. The number of allylic oxidation sites excluding steroid dienone is 2. The summed E-state index contributed by atoms with van der Waals surface area (Å²) in [6.45, 7) is 0.114. The van der Waals surface area contributed by atoms with Crippen LogP contribution in [0.15, 0.2) is 72.4 Å². The number of nitrogens with zero attached hydrogens (tertiary/aromatic N) is 1. The molecule has 0 aromatic heterocycles. The predicted molar refractivity (Wildman–Crippen MR) is 113 cm³/mol. The molecular weight excluding hydrogens is 436 g/mol. The zero-order valence-electron chi connectivity index (χ0n) is 15.4. The van der Waals surface area contributed by atoms with Gasteiger partial charge in [-0.15, -0.1) is 0 Å². The third-order valence-corrected chi connectivity index (χ3v) is 5.10. The number of β-lactam (4-membered cyclic amide) rings is 1. The van der Waals surface area contributed by atoms with Gasteiger partial charge in [0.2, 0.25) is 0 Å². The first-order valence-electron chi connectivity index (χ1n) is 8.93. The molecule has 0 bridgehead atoms. The van der Waals surface area contributed by atoms with Crippen LogP contribution in [0.5, 0.6) is 0 Å². The highest BCUT2D eigenvalue weighted by Crippen LogP contribution is 2.19. The van der Waals surface area contributed by atoms with E-state index in [4.69, 9.17) is 0 Å². The molecule has 0 saturated carbocycles. The Kier molecular flexibility index (Phi) is 6.61. The summed E-state index contributed by atoms with van der Waals surface area (Å²) in [7, 11) is 0. The molecule has 2 aromatic rings. The summed E-state index contributed by atoms with van der Waals surface area (Å²) in [6, 6.07) is 15.6. The van der Waals surface area contributed by atoms with Crippen LogP contribution >= 0.6 is 15.9 Å². The molecule has 2 amide bonds. The first-order valence-corrected chi connectivity index (χ1v) is 10.1. The van der Waals surface area contributed by atoms with Crippen molar-refractivity contribution in [3.05, 3.63) is 89.1 Å². The molecule has 1 heterocycles. The molecule has 0 spiro atoms. The second-order valence-electron chi connectivity index (χ2n) is 6.43. The van der Waals surface area contributed by atoms with Gasteiger partial charge in [0.25, 0.3) is 11.8 Å². The fourth-order valence-corrected chi connectivity index (χ4v) is 3.20. The van der Waals surface area contributed by atoms with E-state index in [0.29, 0.717) is 5.56 Å². The average Bonchev–Trinajstić information content (AvgIpc) is 2.75. The summed E-state index contributed by atoms with van der Waals surface area (Å²) in [5, 5.41) is 12.8. The number of rotatable bonds is 7. The zero-order valence-corrected chi connectivity index (χ0v) is 17.0. The average molecular weight is 455 g/mol. The normalized spacial score (nSPS) is 16.6. The molecule has 0 aliphatic carbocycles. The van der Waals surface area contributed by atoms with Crippen LogP contribution in [0.3, 0.4) is 0 Å². The van der Waals surface area contributed by atoms with Gasteiger partial charge in [0.1, 0.15) is 11.7 Å². The lowest BCUT2D eigenvalue weighted by Crippen LogP contribution is -2.63. The maximum Gasteiger partial charge on any atom is 0.352 e. The van der Waals surface area contributed by atoms with Crippen molar-refractivity contribution in [1.82, 2.24) is 10.2 Å². The van der Waals surface area contributed by atoms with Crippen molar-refractivity contribution in [2.75, 3.05) is 6.54 Å². The molecule has 7 heteroatoms. The van der Waals surface area contributed by atoms with Gasteiger partial charge < -0.3 is 15.3 Å². The Balaban J connectivity index is 1.63. The molecule has 29 heavy (non-hydrogen) atoms. The van der Waals surface area contributed by atoms with Crippen molar-refractivity contribution < 1.29 is 19.5 Å². The maximum atomic E-state index is 12.4. The van der Waals surface area contributed by atoms with Gasteiger partial charge in [-0.25, -0.2) is 4.79 Å². The molecular formula is C22H19BrN2O4. The quantitative estimate of drug-likeness (QED) is 0.291. The molecule has 1 saturated heterocycles. The smallest absolute Gasteiger partial charge is 0.352 e. The van der Waals surface area contributed by atoms with Crippen LogP contribution in [-0.4, -0.2) is 40.4 Å². The van der Waals surface area contributed by atoms with Crippen molar-refractivity contribution >= 4 is 39.8 Å². The lowest BCUT2D eigenvalue weighted by molar-refractivity contribution is -0.147. The topological polar surface area (TPSA) is 86.7 Å². The lowest BCUT2D eigenvalue weighted by Gasteiger charge is -2.38. The SMILES string of the molecule is O=C(O)/C(=C\C=C\c1ccc(CBr)cc1)N1C[C@H](NC(=O)c2ccccc2)C1=O. The molecule has 1 atom stereocenters. The van der Waals surface area contributed by atoms with Crippen LogP contribution in [0.25, 0.3) is 6.08 Å². The number of carboxylic acids is 1. The Hall–Kier alpha value is -3.19. The van der Waals surface area contributed by atoms with E-state index in [9.17, 15) is 19.5 Å². The molecule has 3 rings (SSSR count). The van der Waals surface area contributed by atoms with Gasteiger partial charge in [-0.05, 0) is 29.3 Å². The van der Waals surface area contributed by atoms with Crippen LogP contribution < -0.4 is 5.32 Å². The second kappa shape index (κ2) is 9.34. The van der Waals surface area contributed by atoms with Crippen LogP contribution in [0, 0.1) is 0 Å². The number of amides is 2. The number of hydrogen-bond donors (Lipinski definition) is 2. The highest BCUT2D eigenvalue weighted by atomic mass is 79.9. The summed E-state index contributed by atoms with van der Waals surface area (Å²) in [5.74, 6) is -2.01. The number of aliphatic carboxylic acids is 1. The number of carbonyl (C=O) groups is 3. The molecule has 0 radical (unpaired) electrons. The summed E-state index contributed by atoms with van der Waals surface area (Å²) in [5.41, 5.74) is 2.37. The van der Waals surface area contributed by atoms with E-state index in [0.717, 1.165) is 21.4 Å². The fraction of sp³-hybridized carbons (Fsp3) is 0.136. The van der Waals surface area contributed by atoms with Gasteiger partial charge in [0, 0.05) is 10.9 Å². The van der Waals surface area contributed by atoms with Gasteiger partial charge in [-0.1, -0.05) is 70.5 Å². The lowest BCUT2D eigenvalue weighted by atomic mass is 10.0. The molecule has 1 aliphatic rings. The van der Waals surface area contributed by atoms with Crippen molar-refractivity contribution in [2.45, 2.75) is 11.4 Å². The van der Waals surface area contributed by atoms with Gasteiger partial charge >= 0.3 is 5.97 Å². The highest BCUT2D eigenvalue weighted by molar-refractivity contribution is 9.08. The summed E-state index contributed by atoms with van der Waals surface area (Å²) in [6.07, 6.45) is 4.74. The van der Waals surface area contributed by atoms with E-state index in [-0.39, 0.29) is 18.1 Å². The number of alkyl halides is 1. The van der Waals surface area contributed by atoms with Gasteiger partial charge in [-0.2, -0.15) is 0 Å². The number of halogens is 1. The number of carboxylic acid groups (broad SMARTS) is 1. The first kappa shape index (κ1) is 20.5. The standard InChI is InChI=1S/C22H19BrN2O4/c23-13-16-11-9-15(10-12-16)5-4-8-19(22(28)29)25-14-18(21(25)27)24-20(26)17-6-2-1-3-7-17/h1-12,18H,13-14H2,(H,24,26)(H,28,29)/b5-4+,19-8+/t18-/m0/s1. The largest absolute Gasteiger partial charge is 0.477 e. The zero-order chi connectivity index (χ0) is 20.8. The van der Waals surface area contributed by atoms with E-state index in [1.54, 1.807) is 42.5 Å². The molecule has 148 valence electrons. The van der Waals surface area contributed by atoms with Crippen LogP contribution in [0.2, 0.25) is 0 Å². The number of benzene rings is 2. The van der Waals surface area contributed by atoms with Crippen LogP contribution in [0.4, 0.5) is 0 Å². The van der Waals surface area contributed by atoms with E-state index < -0.39 is 17.9 Å². The molecule has 2 N–H and O–H groups in total. The number of carbonyl (C=O) groups excluding carboxylic acids is 2. The van der Waals surface area contributed by atoms with Crippen molar-refractivity contribution in [3.63, 3.8) is 0 Å². The van der Waals surface area contributed by atoms with E-state index >= 15 is 0 Å². The molecule has 6 nitrogen and oxygen atoms in total. The Morgan fingerprint density at radius 3 is 2.41 bits per heavy atom. The van der Waals surface area contributed by atoms with Gasteiger partial charge in [0.05, 0.1) is 6.54 Å². The van der Waals surface area contributed by atoms with Crippen molar-refractivity contribution in [3.8, 4) is 0 Å². The van der Waals surface area contributed by atoms with Gasteiger partial charge in [0.15, 0.2) is 0 Å². The van der Waals surface area contributed by atoms with Crippen LogP contribution in [-0.2, 0) is 14.9 Å². The number of hydrogen-bond acceptors (Lipinski definition) is 3. The predicted octanol–water partition coefficient (Wildman–Crippen LogP) is 3.20. The highest BCUT2D eigenvalue weighted by Gasteiger charge is 2.41. The number of likely N-dealkylation sites (tertiary alicyclic amines) is 1. The molecule has 1 aliphatic heterocycles. The van der Waals surface area contributed by atoms with Crippen LogP contribution in [0.1, 0.15) is 21.5 Å². The second-order valence-corrected chi connectivity index (χ2v) is 6.99. The maximum absolute atomic E-state index is 12.4. The monoisotopic (exact) mass is 454 g/mol. The third-order valence-electron chi connectivity index (χ3n) is 4.46. The first-order chi connectivity index (χ1) is 14.0. The number of nitrogens with one attached hydrogen (secondary N) is 1. The Morgan fingerprint density at radius 2 is 1.83 bits per heavy atom. The Bertz CT molecular complexity index is 968. The van der Waals surface area contributed by atoms with E-state index in [1.165, 1.54) is 6.08 Å². The van der Waals surface area contributed by atoms with Crippen molar-refractivity contribution in [2.24, 2.45) is 0 Å². The summed E-state index contributed by atoms with van der Waals surface area (Å²) < 4.78 is 0. The molecule has 2 aromatic carbocycles. The Morgan fingerprint density at radius 1 is 1.14 bits per heavy atom. The van der Waals surface area contributed by atoms with E-state index in [1.807, 2.05) is 24.3 Å². The van der Waals surface area contributed by atoms with Gasteiger partial charge in [-0.3, -0.25) is 9.59 Å². The summed E-state index contributed by atoms with van der Waals surface area (Å²) >= 11 is 3.38. The molecule has 0 unspecified atom stereocenters.